The summed E-state index contributed by atoms with van der Waals surface area (Å²) in [6.07, 6.45) is 12.9. The largest absolute Gasteiger partial charge is 0.393 e. The highest BCUT2D eigenvalue weighted by Crippen LogP contribution is 2.63. The first-order chi connectivity index (χ1) is 13.0. The predicted octanol–water partition coefficient (Wildman–Crippen LogP) is 6.01. The molecule has 3 heteroatoms. The summed E-state index contributed by atoms with van der Waals surface area (Å²) in [6, 6.07) is 0. The first-order valence-electron chi connectivity index (χ1n) is 11.0. The Hall–Kier alpha value is -0.540. The van der Waals surface area contributed by atoms with Gasteiger partial charge in [-0.25, -0.2) is 0 Å². The summed E-state index contributed by atoms with van der Waals surface area (Å²) in [7, 11) is 0. The van der Waals surface area contributed by atoms with Crippen LogP contribution >= 0.6 is 12.6 Å². The molecular formula is C24H40O2S. The number of hydrogen-bond donors (Lipinski definition) is 2. The summed E-state index contributed by atoms with van der Waals surface area (Å²) in [5.41, 5.74) is 3.24. The molecule has 0 bridgehead atoms. The topological polar surface area (TPSA) is 37.3 Å². The Bertz CT molecular complexity index is 567. The minimum Gasteiger partial charge on any atom is -0.393 e. The monoisotopic (exact) mass is 392 g/mol. The summed E-state index contributed by atoms with van der Waals surface area (Å²) < 4.78 is 0. The molecule has 0 aromatic carbocycles. The maximum Gasteiger partial charge on any atom is 0.137 e. The van der Waals surface area contributed by atoms with E-state index in [9.17, 15) is 9.90 Å². The number of ketones is 1. The van der Waals surface area contributed by atoms with Crippen LogP contribution in [-0.2, 0) is 4.79 Å². The van der Waals surface area contributed by atoms with Crippen molar-refractivity contribution >= 4 is 18.4 Å². The molecule has 2 saturated carbocycles. The lowest BCUT2D eigenvalue weighted by Gasteiger charge is -2.55. The molecule has 4 aliphatic rings. The SMILES string of the molecule is C=CCC1CC2(C)C(O)CCC2C2CCC3=C(CCC(=O)C3)C12.CC.CS. The summed E-state index contributed by atoms with van der Waals surface area (Å²) in [5, 5.41) is 10.6. The quantitative estimate of drug-likeness (QED) is 0.446. The molecule has 2 nitrogen and oxygen atoms in total. The van der Waals surface area contributed by atoms with Crippen LogP contribution in [0, 0.1) is 29.1 Å². The summed E-state index contributed by atoms with van der Waals surface area (Å²) in [4.78, 5) is 11.9. The van der Waals surface area contributed by atoms with Gasteiger partial charge >= 0.3 is 0 Å². The summed E-state index contributed by atoms with van der Waals surface area (Å²) in [6.45, 7) is 10.3. The van der Waals surface area contributed by atoms with Crippen molar-refractivity contribution in [2.45, 2.75) is 84.7 Å². The van der Waals surface area contributed by atoms with E-state index in [1.807, 2.05) is 13.8 Å². The number of Topliss-reactive ketones (excluding diaryl/α,β-unsaturated/α-hetero) is 1. The maximum atomic E-state index is 11.9. The molecule has 0 aromatic heterocycles. The molecule has 0 radical (unpaired) electrons. The van der Waals surface area contributed by atoms with E-state index in [1.54, 1.807) is 11.8 Å². The van der Waals surface area contributed by atoms with Crippen LogP contribution < -0.4 is 0 Å². The van der Waals surface area contributed by atoms with Gasteiger partial charge in [0.1, 0.15) is 5.78 Å². The van der Waals surface area contributed by atoms with E-state index in [4.69, 9.17) is 0 Å². The molecule has 0 aliphatic heterocycles. The minimum atomic E-state index is -0.121. The van der Waals surface area contributed by atoms with Crippen LogP contribution in [0.3, 0.4) is 0 Å². The van der Waals surface area contributed by atoms with Crippen LogP contribution in [0.4, 0.5) is 0 Å². The number of rotatable bonds is 2. The minimum absolute atomic E-state index is 0.109. The van der Waals surface area contributed by atoms with Gasteiger partial charge in [0, 0.05) is 12.8 Å². The van der Waals surface area contributed by atoms with Crippen molar-refractivity contribution in [3.05, 3.63) is 23.8 Å². The van der Waals surface area contributed by atoms with Crippen LogP contribution in [0.2, 0.25) is 0 Å². The molecule has 0 aromatic rings. The zero-order valence-electron chi connectivity index (χ0n) is 17.8. The van der Waals surface area contributed by atoms with Gasteiger partial charge in [0.15, 0.2) is 0 Å². The second-order valence-electron chi connectivity index (χ2n) is 8.77. The highest BCUT2D eigenvalue weighted by Gasteiger charge is 2.57. The third-order valence-electron chi connectivity index (χ3n) is 7.74. The van der Waals surface area contributed by atoms with Crippen LogP contribution in [0.1, 0.15) is 78.6 Å². The van der Waals surface area contributed by atoms with Crippen molar-refractivity contribution in [3.8, 4) is 0 Å². The molecule has 154 valence electrons. The standard InChI is InChI=1S/C21H30O2.C2H6.CH4S/c1-3-4-14-12-21(2)18(9-10-19(21)23)17-7-5-13-11-15(22)6-8-16(13)20(14)17;2*1-2/h3,14,17-20,23H,1,4-12H2,2H3;1-2H3;2H,1H3. The Kier molecular flexibility index (Phi) is 8.24. The molecule has 1 N–H and O–H groups in total. The van der Waals surface area contributed by atoms with Gasteiger partial charge in [-0.1, -0.05) is 38.0 Å². The number of hydrogen-bond acceptors (Lipinski definition) is 3. The van der Waals surface area contributed by atoms with Crippen molar-refractivity contribution in [1.29, 1.82) is 0 Å². The first kappa shape index (κ1) is 22.7. The van der Waals surface area contributed by atoms with Crippen molar-refractivity contribution in [3.63, 3.8) is 0 Å². The lowest BCUT2D eigenvalue weighted by molar-refractivity contribution is -0.119. The molecule has 0 amide bonds. The zero-order valence-corrected chi connectivity index (χ0v) is 18.7. The fraction of sp³-hybridized carbons (Fsp3) is 0.792. The van der Waals surface area contributed by atoms with Crippen LogP contribution in [-0.4, -0.2) is 23.2 Å². The second kappa shape index (κ2) is 9.78. The van der Waals surface area contributed by atoms with Crippen molar-refractivity contribution < 1.29 is 9.90 Å². The number of aliphatic hydroxyl groups excluding tert-OH is 1. The maximum absolute atomic E-state index is 11.9. The number of fused-ring (bicyclic) bond motifs is 4. The van der Waals surface area contributed by atoms with Crippen molar-refractivity contribution in [1.82, 2.24) is 0 Å². The third-order valence-corrected chi connectivity index (χ3v) is 7.74. The van der Waals surface area contributed by atoms with Gasteiger partial charge in [-0.3, -0.25) is 4.79 Å². The molecule has 6 atom stereocenters. The van der Waals surface area contributed by atoms with E-state index in [2.05, 4.69) is 32.2 Å². The van der Waals surface area contributed by atoms with Crippen molar-refractivity contribution in [2.24, 2.45) is 29.1 Å². The molecule has 0 heterocycles. The molecule has 0 saturated heterocycles. The van der Waals surface area contributed by atoms with E-state index >= 15 is 0 Å². The highest BCUT2D eigenvalue weighted by molar-refractivity contribution is 7.79. The van der Waals surface area contributed by atoms with Gasteiger partial charge < -0.3 is 5.11 Å². The Morgan fingerprint density at radius 3 is 2.56 bits per heavy atom. The average Bonchev–Trinajstić information content (AvgIpc) is 2.99. The Labute approximate surface area is 172 Å². The Morgan fingerprint density at radius 1 is 1.19 bits per heavy atom. The summed E-state index contributed by atoms with van der Waals surface area (Å²) in [5.74, 6) is 3.12. The lowest BCUT2D eigenvalue weighted by atomic mass is 9.50. The van der Waals surface area contributed by atoms with Gasteiger partial charge in [0.25, 0.3) is 0 Å². The van der Waals surface area contributed by atoms with Gasteiger partial charge in [-0.05, 0) is 80.3 Å². The number of carbonyl (C=O) groups is 1. The van der Waals surface area contributed by atoms with E-state index < -0.39 is 0 Å². The molecule has 2 fully saturated rings. The van der Waals surface area contributed by atoms with Crippen LogP contribution in [0.25, 0.3) is 0 Å². The van der Waals surface area contributed by atoms with E-state index in [0.717, 1.165) is 50.9 Å². The fourth-order valence-electron chi connectivity index (χ4n) is 6.78. The van der Waals surface area contributed by atoms with Gasteiger partial charge in [-0.2, -0.15) is 12.6 Å². The average molecular weight is 393 g/mol. The Balaban J connectivity index is 0.000000614. The number of aliphatic hydroxyl groups is 1. The van der Waals surface area contributed by atoms with E-state index in [1.165, 1.54) is 18.4 Å². The molecule has 4 aliphatic carbocycles. The zero-order chi connectivity index (χ0) is 20.2. The van der Waals surface area contributed by atoms with Crippen molar-refractivity contribution in [2.75, 3.05) is 6.26 Å². The fourth-order valence-corrected chi connectivity index (χ4v) is 6.78. The van der Waals surface area contributed by atoms with Crippen LogP contribution in [0.5, 0.6) is 0 Å². The van der Waals surface area contributed by atoms with E-state index in [0.29, 0.717) is 23.5 Å². The smallest absolute Gasteiger partial charge is 0.137 e. The highest BCUT2D eigenvalue weighted by atomic mass is 32.1. The number of allylic oxidation sites excluding steroid dienone is 3. The molecule has 6 unspecified atom stereocenters. The molecule has 4 rings (SSSR count). The molecule has 0 spiro atoms. The van der Waals surface area contributed by atoms with E-state index in [-0.39, 0.29) is 11.5 Å². The Morgan fingerprint density at radius 2 is 1.89 bits per heavy atom. The predicted molar refractivity (Wildman–Crippen MR) is 118 cm³/mol. The normalized spacial score (nSPS) is 39.8. The molecular weight excluding hydrogens is 352 g/mol. The second-order valence-corrected chi connectivity index (χ2v) is 8.77. The lowest BCUT2D eigenvalue weighted by Crippen LogP contribution is -2.49. The molecule has 27 heavy (non-hydrogen) atoms. The number of thiol groups is 1. The number of carbonyl (C=O) groups excluding carboxylic acids is 1. The first-order valence-corrected chi connectivity index (χ1v) is 11.9. The van der Waals surface area contributed by atoms with Gasteiger partial charge in [-0.15, -0.1) is 6.58 Å². The third kappa shape index (κ3) is 4.10. The van der Waals surface area contributed by atoms with Gasteiger partial charge in [0.2, 0.25) is 0 Å². The van der Waals surface area contributed by atoms with Crippen LogP contribution in [0.15, 0.2) is 23.8 Å². The summed E-state index contributed by atoms with van der Waals surface area (Å²) >= 11 is 3.53. The van der Waals surface area contributed by atoms with Gasteiger partial charge in [0.05, 0.1) is 6.10 Å².